The second kappa shape index (κ2) is 9.42. The molecule has 0 unspecified atom stereocenters. The number of hydrogen-bond acceptors (Lipinski definition) is 6. The molecule has 128 valence electrons. The number of benzene rings is 1. The van der Waals surface area contributed by atoms with Crippen LogP contribution in [0.15, 0.2) is 18.2 Å². The van der Waals surface area contributed by atoms with Crippen LogP contribution in [0, 0.1) is 0 Å². The molecule has 0 saturated heterocycles. The Hall–Kier alpha value is -1.73. The van der Waals surface area contributed by atoms with Crippen molar-refractivity contribution in [2.75, 3.05) is 20.0 Å². The van der Waals surface area contributed by atoms with Crippen LogP contribution in [0.1, 0.15) is 25.5 Å². The van der Waals surface area contributed by atoms with Gasteiger partial charge in [-0.05, 0) is 19.9 Å². The van der Waals surface area contributed by atoms with Crippen molar-refractivity contribution in [3.8, 4) is 11.5 Å². The van der Waals surface area contributed by atoms with Gasteiger partial charge in [0.1, 0.15) is 17.8 Å². The van der Waals surface area contributed by atoms with Gasteiger partial charge in [-0.3, -0.25) is 10.1 Å². The van der Waals surface area contributed by atoms with Crippen molar-refractivity contribution in [2.24, 2.45) is 0 Å². The van der Waals surface area contributed by atoms with E-state index < -0.39 is 12.1 Å². The Kier molecular flexibility index (Phi) is 7.91. The van der Waals surface area contributed by atoms with Gasteiger partial charge in [0.05, 0.1) is 26.3 Å². The average Bonchev–Trinajstić information content (AvgIpc) is 2.58. The summed E-state index contributed by atoms with van der Waals surface area (Å²) in [4.78, 5) is 22.7. The number of ether oxygens (including phenoxy) is 2. The van der Waals surface area contributed by atoms with E-state index in [0.717, 1.165) is 5.56 Å². The van der Waals surface area contributed by atoms with Crippen molar-refractivity contribution in [3.05, 3.63) is 23.8 Å². The zero-order chi connectivity index (χ0) is 17.4. The molecule has 6 nitrogen and oxygen atoms in total. The van der Waals surface area contributed by atoms with Crippen LogP contribution in [0.2, 0.25) is 0 Å². The molecular weight excluding hydrogens is 316 g/mol. The van der Waals surface area contributed by atoms with Crippen LogP contribution in [-0.2, 0) is 9.59 Å². The van der Waals surface area contributed by atoms with E-state index in [4.69, 9.17) is 9.47 Å². The van der Waals surface area contributed by atoms with Gasteiger partial charge in [0.25, 0.3) is 0 Å². The van der Waals surface area contributed by atoms with Gasteiger partial charge in [-0.1, -0.05) is 6.07 Å². The first-order valence-corrected chi connectivity index (χ1v) is 7.94. The van der Waals surface area contributed by atoms with Gasteiger partial charge < -0.3 is 19.6 Å². The lowest BCUT2D eigenvalue weighted by Crippen LogP contribution is -2.47. The Morgan fingerprint density at radius 2 is 2.00 bits per heavy atom. The molecule has 0 fully saturated rings. The van der Waals surface area contributed by atoms with Gasteiger partial charge in [0, 0.05) is 23.4 Å². The first-order chi connectivity index (χ1) is 11.0. The van der Waals surface area contributed by atoms with Crippen LogP contribution >= 0.6 is 12.6 Å². The number of hydrogen-bond donors (Lipinski definition) is 3. The van der Waals surface area contributed by atoms with E-state index in [2.05, 4.69) is 23.3 Å². The number of thiol groups is 1. The fourth-order valence-electron chi connectivity index (χ4n) is 2.11. The Labute approximate surface area is 142 Å². The maximum atomic E-state index is 12.0. The van der Waals surface area contributed by atoms with Crippen molar-refractivity contribution in [1.29, 1.82) is 0 Å². The van der Waals surface area contributed by atoms with Crippen LogP contribution < -0.4 is 20.1 Å². The number of rotatable bonds is 9. The molecule has 7 heteroatoms. The largest absolute Gasteiger partial charge is 0.497 e. The molecule has 1 aromatic rings. The molecule has 0 aliphatic carbocycles. The molecule has 0 aromatic heterocycles. The van der Waals surface area contributed by atoms with Crippen LogP contribution in [0.5, 0.6) is 11.5 Å². The fourth-order valence-corrected chi connectivity index (χ4v) is 2.41. The number of aldehydes is 1. The summed E-state index contributed by atoms with van der Waals surface area (Å²) in [5.41, 5.74) is 0.881. The van der Waals surface area contributed by atoms with E-state index in [0.29, 0.717) is 23.5 Å². The molecule has 23 heavy (non-hydrogen) atoms. The lowest BCUT2D eigenvalue weighted by atomic mass is 10.1. The predicted octanol–water partition coefficient (Wildman–Crippen LogP) is 1.36. The monoisotopic (exact) mass is 340 g/mol. The Bertz CT molecular complexity index is 539. The summed E-state index contributed by atoms with van der Waals surface area (Å²) in [6, 6.07) is 4.30. The van der Waals surface area contributed by atoms with Gasteiger partial charge in [-0.25, -0.2) is 0 Å². The van der Waals surface area contributed by atoms with Crippen molar-refractivity contribution >= 4 is 24.8 Å². The fraction of sp³-hybridized carbons (Fsp3) is 0.500. The molecule has 0 aliphatic heterocycles. The lowest BCUT2D eigenvalue weighted by Gasteiger charge is -2.24. The highest BCUT2D eigenvalue weighted by Gasteiger charge is 2.22. The summed E-state index contributed by atoms with van der Waals surface area (Å²) in [7, 11) is 3.17. The molecule has 0 saturated carbocycles. The third kappa shape index (κ3) is 5.44. The van der Waals surface area contributed by atoms with Crippen LogP contribution in [0.25, 0.3) is 0 Å². The molecule has 0 radical (unpaired) electrons. The van der Waals surface area contributed by atoms with Crippen LogP contribution in [-0.4, -0.2) is 44.2 Å². The number of methoxy groups -OCH3 is 2. The van der Waals surface area contributed by atoms with E-state index >= 15 is 0 Å². The molecule has 0 heterocycles. The molecule has 1 amide bonds. The predicted molar refractivity (Wildman–Crippen MR) is 92.4 cm³/mol. The van der Waals surface area contributed by atoms with Crippen LogP contribution in [0.3, 0.4) is 0 Å². The molecule has 0 aliphatic rings. The Morgan fingerprint density at radius 3 is 2.52 bits per heavy atom. The third-order valence-electron chi connectivity index (χ3n) is 3.42. The molecular formula is C16H24N2O4S. The maximum absolute atomic E-state index is 12.0. The van der Waals surface area contributed by atoms with Gasteiger partial charge >= 0.3 is 0 Å². The Morgan fingerprint density at radius 1 is 1.30 bits per heavy atom. The summed E-state index contributed by atoms with van der Waals surface area (Å²) in [5, 5.41) is 5.81. The van der Waals surface area contributed by atoms with Crippen molar-refractivity contribution < 1.29 is 19.1 Å². The quantitative estimate of drug-likeness (QED) is 0.467. The maximum Gasteiger partial charge on any atom is 0.237 e. The number of carbonyl (C=O) groups is 2. The normalized spacial score (nSPS) is 14.5. The minimum absolute atomic E-state index is 0.188. The summed E-state index contributed by atoms with van der Waals surface area (Å²) < 4.78 is 10.6. The number of nitrogens with one attached hydrogen (secondary N) is 2. The highest BCUT2D eigenvalue weighted by molar-refractivity contribution is 7.80. The SMILES string of the molecule is COc1ccc([C@H](CS)N[C@@H](C)C(=O)N[C@@H](C)C=O)c(OC)c1. The second-order valence-corrected chi connectivity index (χ2v) is 5.53. The number of amides is 1. The molecule has 2 N–H and O–H groups in total. The summed E-state index contributed by atoms with van der Waals surface area (Å²) in [6.07, 6.45) is 0.688. The highest BCUT2D eigenvalue weighted by atomic mass is 32.1. The molecule has 0 bridgehead atoms. The molecule has 0 spiro atoms. The van der Waals surface area contributed by atoms with E-state index in [9.17, 15) is 9.59 Å². The van der Waals surface area contributed by atoms with E-state index in [1.807, 2.05) is 12.1 Å². The van der Waals surface area contributed by atoms with E-state index in [1.54, 1.807) is 34.1 Å². The smallest absolute Gasteiger partial charge is 0.237 e. The van der Waals surface area contributed by atoms with Gasteiger partial charge in [0.2, 0.25) is 5.91 Å². The summed E-state index contributed by atoms with van der Waals surface area (Å²) in [6.45, 7) is 3.36. The van der Waals surface area contributed by atoms with Gasteiger partial charge in [-0.2, -0.15) is 12.6 Å². The van der Waals surface area contributed by atoms with Crippen molar-refractivity contribution in [3.63, 3.8) is 0 Å². The van der Waals surface area contributed by atoms with Crippen molar-refractivity contribution in [1.82, 2.24) is 10.6 Å². The first-order valence-electron chi connectivity index (χ1n) is 7.31. The Balaban J connectivity index is 2.88. The minimum Gasteiger partial charge on any atom is -0.497 e. The average molecular weight is 340 g/mol. The molecule has 1 aromatic carbocycles. The number of carbonyl (C=O) groups excluding carboxylic acids is 2. The second-order valence-electron chi connectivity index (χ2n) is 5.16. The molecule has 1 rings (SSSR count). The zero-order valence-corrected chi connectivity index (χ0v) is 14.7. The lowest BCUT2D eigenvalue weighted by molar-refractivity contribution is -0.125. The zero-order valence-electron chi connectivity index (χ0n) is 13.8. The van der Waals surface area contributed by atoms with Crippen molar-refractivity contribution in [2.45, 2.75) is 32.0 Å². The highest BCUT2D eigenvalue weighted by Crippen LogP contribution is 2.30. The summed E-state index contributed by atoms with van der Waals surface area (Å²) in [5.74, 6) is 1.58. The minimum atomic E-state index is -0.517. The topological polar surface area (TPSA) is 76.7 Å². The van der Waals surface area contributed by atoms with Gasteiger partial charge in [-0.15, -0.1) is 0 Å². The third-order valence-corrected chi connectivity index (χ3v) is 3.78. The van der Waals surface area contributed by atoms with Crippen LogP contribution in [0.4, 0.5) is 0 Å². The first kappa shape index (κ1) is 19.3. The van der Waals surface area contributed by atoms with Gasteiger partial charge in [0.15, 0.2) is 0 Å². The van der Waals surface area contributed by atoms with E-state index in [-0.39, 0.29) is 11.9 Å². The standard InChI is InChI=1S/C16H24N2O4S/c1-10(8-19)17-16(20)11(2)18-14(9-23)13-6-5-12(21-3)7-15(13)22-4/h5-8,10-11,14,18,23H,9H2,1-4H3,(H,17,20)/t10-,11-,14-/m0/s1. The summed E-state index contributed by atoms with van der Waals surface area (Å²) >= 11 is 4.36. The molecule has 3 atom stereocenters. The van der Waals surface area contributed by atoms with E-state index in [1.165, 1.54) is 0 Å².